The molecule has 1 aromatic carbocycles. The van der Waals surface area contributed by atoms with E-state index in [0.29, 0.717) is 28.2 Å². The van der Waals surface area contributed by atoms with E-state index in [1.807, 2.05) is 69.6 Å². The molecule has 0 aliphatic heterocycles. The Kier molecular flexibility index (Phi) is 5.18. The smallest absolute Gasteiger partial charge is 0.252 e. The Morgan fingerprint density at radius 1 is 1.24 bits per heavy atom. The van der Waals surface area contributed by atoms with Gasteiger partial charge in [-0.3, -0.25) is 4.79 Å². The van der Waals surface area contributed by atoms with E-state index in [2.05, 4.69) is 10.4 Å². The number of hydrogen-bond donors (Lipinski definition) is 3. The maximum atomic E-state index is 12.2. The van der Waals surface area contributed by atoms with E-state index in [-0.39, 0.29) is 6.04 Å². The van der Waals surface area contributed by atoms with Crippen LogP contribution in [0.25, 0.3) is 22.5 Å². The highest BCUT2D eigenvalue weighted by molar-refractivity contribution is 6.30. The standard InChI is InChI=1S/C25H27ClN6O2/c1-24(2)21(8-10-25(24,3)34)29-22-18(23(27)33)13-28-32-14-17(12-20(22)32)31-11-9-19(30-31)15-4-6-16(26)7-5-15/h4-7,9,11-14,21,29,34H,8,10H2,1-3H3,(H2,27,33)/t21-,25-/m1/s1. The van der Waals surface area contributed by atoms with Crippen molar-refractivity contribution in [3.63, 3.8) is 0 Å². The Morgan fingerprint density at radius 2 is 1.97 bits per heavy atom. The third-order valence-corrected chi connectivity index (χ3v) is 7.63. The molecule has 1 aliphatic carbocycles. The molecule has 8 nitrogen and oxygen atoms in total. The zero-order valence-corrected chi connectivity index (χ0v) is 20.0. The van der Waals surface area contributed by atoms with Crippen molar-refractivity contribution in [2.45, 2.75) is 45.3 Å². The van der Waals surface area contributed by atoms with E-state index in [1.54, 1.807) is 9.20 Å². The summed E-state index contributed by atoms with van der Waals surface area (Å²) in [5.74, 6) is -0.563. The summed E-state index contributed by atoms with van der Waals surface area (Å²) in [5, 5.41) is 24.1. The van der Waals surface area contributed by atoms with Crippen LogP contribution in [0.5, 0.6) is 0 Å². The highest BCUT2D eigenvalue weighted by Crippen LogP contribution is 2.47. The minimum Gasteiger partial charge on any atom is -0.390 e. The maximum absolute atomic E-state index is 12.2. The van der Waals surface area contributed by atoms with Crippen molar-refractivity contribution in [1.29, 1.82) is 0 Å². The number of carbonyl (C=O) groups is 1. The van der Waals surface area contributed by atoms with Gasteiger partial charge in [-0.2, -0.15) is 10.2 Å². The molecule has 0 saturated heterocycles. The molecule has 0 bridgehead atoms. The highest BCUT2D eigenvalue weighted by atomic mass is 35.5. The highest BCUT2D eigenvalue weighted by Gasteiger charge is 2.50. The molecule has 0 radical (unpaired) electrons. The molecule has 9 heteroatoms. The van der Waals surface area contributed by atoms with Crippen LogP contribution in [0.3, 0.4) is 0 Å². The van der Waals surface area contributed by atoms with Gasteiger partial charge in [0.25, 0.3) is 5.91 Å². The number of nitrogens with two attached hydrogens (primary N) is 1. The van der Waals surface area contributed by atoms with Crippen LogP contribution >= 0.6 is 11.6 Å². The van der Waals surface area contributed by atoms with Crippen molar-refractivity contribution in [1.82, 2.24) is 19.4 Å². The van der Waals surface area contributed by atoms with Crippen molar-refractivity contribution in [2.75, 3.05) is 5.32 Å². The van der Waals surface area contributed by atoms with Gasteiger partial charge >= 0.3 is 0 Å². The molecular formula is C25H27ClN6O2. The van der Waals surface area contributed by atoms with Crippen LogP contribution < -0.4 is 11.1 Å². The van der Waals surface area contributed by atoms with Gasteiger partial charge in [0.05, 0.1) is 46.1 Å². The Bertz CT molecular complexity index is 1390. The fourth-order valence-electron chi connectivity index (χ4n) is 4.66. The number of halogens is 1. The normalized spacial score (nSPS) is 21.7. The van der Waals surface area contributed by atoms with Crippen LogP contribution in [0.1, 0.15) is 44.0 Å². The monoisotopic (exact) mass is 478 g/mol. The third kappa shape index (κ3) is 3.63. The van der Waals surface area contributed by atoms with E-state index in [1.165, 1.54) is 6.20 Å². The second-order valence-electron chi connectivity index (χ2n) is 9.71. The largest absolute Gasteiger partial charge is 0.390 e. The summed E-state index contributed by atoms with van der Waals surface area (Å²) in [5.41, 5.74) is 8.64. The minimum atomic E-state index is -0.818. The molecule has 1 saturated carbocycles. The predicted molar refractivity (Wildman–Crippen MR) is 132 cm³/mol. The van der Waals surface area contributed by atoms with Gasteiger partial charge in [0.15, 0.2) is 0 Å². The molecule has 4 aromatic rings. The third-order valence-electron chi connectivity index (χ3n) is 7.38. The Balaban J connectivity index is 1.55. The minimum absolute atomic E-state index is 0.0497. The second-order valence-corrected chi connectivity index (χ2v) is 10.1. The van der Waals surface area contributed by atoms with E-state index < -0.39 is 16.9 Å². The number of benzene rings is 1. The number of amides is 1. The molecule has 0 unspecified atom stereocenters. The van der Waals surface area contributed by atoms with Crippen LogP contribution in [0.15, 0.2) is 55.0 Å². The van der Waals surface area contributed by atoms with Gasteiger partial charge in [0, 0.05) is 28.2 Å². The quantitative estimate of drug-likeness (QED) is 0.396. The molecule has 1 aliphatic rings. The SMILES string of the molecule is CC1(C)[C@H](Nc2c(C(N)=O)cnn3cc(-n4ccc(-c5ccc(Cl)cc5)n4)cc23)CC[C@@]1(C)O. The summed E-state index contributed by atoms with van der Waals surface area (Å²) in [4.78, 5) is 12.2. The molecule has 34 heavy (non-hydrogen) atoms. The van der Waals surface area contributed by atoms with Gasteiger partial charge in [-0.05, 0) is 44.0 Å². The molecular weight excluding hydrogens is 452 g/mol. The number of aromatic nitrogens is 4. The number of carbonyl (C=O) groups excluding carboxylic acids is 1. The summed E-state index contributed by atoms with van der Waals surface area (Å²) in [6.45, 7) is 5.92. The number of nitrogens with zero attached hydrogens (tertiary/aromatic N) is 4. The molecule has 2 atom stereocenters. The first-order chi connectivity index (χ1) is 16.1. The zero-order valence-electron chi connectivity index (χ0n) is 19.3. The van der Waals surface area contributed by atoms with Gasteiger partial charge < -0.3 is 16.2 Å². The lowest BCUT2D eigenvalue weighted by Crippen LogP contribution is -2.45. The van der Waals surface area contributed by atoms with E-state index in [4.69, 9.17) is 22.4 Å². The van der Waals surface area contributed by atoms with Crippen LogP contribution in [0, 0.1) is 5.41 Å². The summed E-state index contributed by atoms with van der Waals surface area (Å²) in [6.07, 6.45) is 6.63. The molecule has 176 valence electrons. The Morgan fingerprint density at radius 3 is 2.62 bits per heavy atom. The van der Waals surface area contributed by atoms with Crippen molar-refractivity contribution in [3.05, 3.63) is 65.6 Å². The zero-order chi connectivity index (χ0) is 24.3. The number of rotatable bonds is 5. The van der Waals surface area contributed by atoms with E-state index >= 15 is 0 Å². The number of hydrogen-bond acceptors (Lipinski definition) is 5. The van der Waals surface area contributed by atoms with E-state index in [9.17, 15) is 9.90 Å². The maximum Gasteiger partial charge on any atom is 0.252 e. The van der Waals surface area contributed by atoms with Crippen molar-refractivity contribution < 1.29 is 9.90 Å². The summed E-state index contributed by atoms with van der Waals surface area (Å²) in [6, 6.07) is 11.3. The van der Waals surface area contributed by atoms with Gasteiger partial charge in [-0.1, -0.05) is 37.6 Å². The van der Waals surface area contributed by atoms with Crippen molar-refractivity contribution in [2.24, 2.45) is 11.1 Å². The molecule has 5 rings (SSSR count). The first kappa shape index (κ1) is 22.4. The van der Waals surface area contributed by atoms with E-state index in [0.717, 1.165) is 23.4 Å². The van der Waals surface area contributed by atoms with Crippen LogP contribution in [-0.2, 0) is 0 Å². The Labute approximate surface area is 202 Å². The number of aliphatic hydroxyl groups is 1. The number of fused-ring (bicyclic) bond motifs is 1. The fourth-order valence-corrected chi connectivity index (χ4v) is 4.79. The average molecular weight is 479 g/mol. The molecule has 0 spiro atoms. The predicted octanol–water partition coefficient (Wildman–Crippen LogP) is 4.29. The van der Waals surface area contributed by atoms with Crippen molar-refractivity contribution >= 4 is 28.7 Å². The lowest BCUT2D eigenvalue weighted by Gasteiger charge is -2.38. The molecule has 1 fully saturated rings. The van der Waals surface area contributed by atoms with Gasteiger partial charge in [-0.15, -0.1) is 0 Å². The molecule has 1 amide bonds. The summed E-state index contributed by atoms with van der Waals surface area (Å²) >= 11 is 6.00. The number of anilines is 1. The van der Waals surface area contributed by atoms with Gasteiger partial charge in [0.1, 0.15) is 0 Å². The topological polar surface area (TPSA) is 110 Å². The molecule has 3 heterocycles. The summed E-state index contributed by atoms with van der Waals surface area (Å²) in [7, 11) is 0. The lowest BCUT2D eigenvalue weighted by atomic mass is 9.76. The number of nitrogens with one attached hydrogen (secondary N) is 1. The first-order valence-electron chi connectivity index (χ1n) is 11.2. The molecule has 4 N–H and O–H groups in total. The van der Waals surface area contributed by atoms with Crippen LogP contribution in [0.4, 0.5) is 5.69 Å². The molecule has 3 aromatic heterocycles. The van der Waals surface area contributed by atoms with Gasteiger partial charge in [0.2, 0.25) is 0 Å². The van der Waals surface area contributed by atoms with Crippen LogP contribution in [0.2, 0.25) is 5.02 Å². The Hall–Kier alpha value is -3.36. The second kappa shape index (κ2) is 7.85. The lowest BCUT2D eigenvalue weighted by molar-refractivity contribution is -0.0283. The number of primary amides is 1. The van der Waals surface area contributed by atoms with Gasteiger partial charge in [-0.25, -0.2) is 9.20 Å². The van der Waals surface area contributed by atoms with Crippen LogP contribution in [-0.4, -0.2) is 42.1 Å². The average Bonchev–Trinajstić information content (AvgIpc) is 3.47. The van der Waals surface area contributed by atoms with Crippen molar-refractivity contribution in [3.8, 4) is 16.9 Å². The fraction of sp³-hybridized carbons (Fsp3) is 0.320. The first-order valence-corrected chi connectivity index (χ1v) is 11.6. The summed E-state index contributed by atoms with van der Waals surface area (Å²) < 4.78 is 3.46.